The molecule has 2 unspecified atom stereocenters. The third-order valence-electron chi connectivity index (χ3n) is 4.24. The molecular weight excluding hydrogens is 408 g/mol. The van der Waals surface area contributed by atoms with E-state index in [1.807, 2.05) is 0 Å². The lowest BCUT2D eigenvalue weighted by molar-refractivity contribution is -0.0631. The van der Waals surface area contributed by atoms with E-state index < -0.39 is 69.7 Å². The lowest BCUT2D eigenvalue weighted by atomic mass is 9.71. The van der Waals surface area contributed by atoms with Crippen LogP contribution in [0.4, 0.5) is 26.3 Å². The van der Waals surface area contributed by atoms with E-state index >= 15 is 0 Å². The fourth-order valence-electron chi connectivity index (χ4n) is 2.97. The van der Waals surface area contributed by atoms with Gasteiger partial charge in [-0.2, -0.15) is 18.3 Å². The quantitative estimate of drug-likeness (QED) is 0.386. The molecule has 0 fully saturated rings. The summed E-state index contributed by atoms with van der Waals surface area (Å²) in [6.45, 7) is 1.22. The second kappa shape index (κ2) is 8.81. The number of nitrogens with two attached hydrogens (primary N) is 1. The lowest BCUT2D eigenvalue weighted by Gasteiger charge is -2.38. The molecule has 0 aromatic heterocycles. The van der Waals surface area contributed by atoms with Crippen LogP contribution in [-0.4, -0.2) is 46.6 Å². The molecule has 1 aromatic rings. The molecule has 0 radical (unpaired) electrons. The van der Waals surface area contributed by atoms with Gasteiger partial charge in [-0.15, -0.1) is 0 Å². The number of hydrogen-bond donors (Lipinski definition) is 1. The van der Waals surface area contributed by atoms with Crippen LogP contribution >= 0.6 is 0 Å². The first-order valence-corrected chi connectivity index (χ1v) is 9.36. The van der Waals surface area contributed by atoms with Crippen LogP contribution in [-0.2, 0) is 16.4 Å². The van der Waals surface area contributed by atoms with E-state index in [2.05, 4.69) is 5.10 Å². The Kier molecular flexibility index (Phi) is 7.68. The average molecular weight is 431 g/mol. The highest BCUT2D eigenvalue weighted by Crippen LogP contribution is 2.42. The maximum Gasteiger partial charge on any atom is 0.431 e. The van der Waals surface area contributed by atoms with Gasteiger partial charge in [0.25, 0.3) is 0 Å². The highest BCUT2D eigenvalue weighted by molar-refractivity contribution is 7.84. The zero-order valence-corrected chi connectivity index (χ0v) is 16.7. The molecule has 0 aliphatic carbocycles. The minimum atomic E-state index is -4.94. The van der Waals surface area contributed by atoms with Gasteiger partial charge >= 0.3 is 6.18 Å². The molecule has 1 rings (SSSR count). The second-order valence-electron chi connectivity index (χ2n) is 7.32. The van der Waals surface area contributed by atoms with Crippen molar-refractivity contribution >= 4 is 16.7 Å². The molecular formula is C17H23F6N3OS. The summed E-state index contributed by atoms with van der Waals surface area (Å²) in [5.41, 5.74) is -4.16. The molecule has 0 heterocycles. The second-order valence-corrected chi connectivity index (χ2v) is 9.02. The van der Waals surface area contributed by atoms with E-state index in [9.17, 15) is 30.6 Å². The summed E-state index contributed by atoms with van der Waals surface area (Å²) in [4.78, 5) is 0. The first kappa shape index (κ1) is 24.4. The highest BCUT2D eigenvalue weighted by Gasteiger charge is 2.48. The average Bonchev–Trinajstić information content (AvgIpc) is 2.54. The maximum absolute atomic E-state index is 14.5. The van der Waals surface area contributed by atoms with Crippen molar-refractivity contribution in [2.75, 3.05) is 20.8 Å². The van der Waals surface area contributed by atoms with Crippen molar-refractivity contribution in [3.63, 3.8) is 0 Å². The smallest absolute Gasteiger partial charge is 0.303 e. The van der Waals surface area contributed by atoms with Crippen molar-refractivity contribution in [3.05, 3.63) is 35.4 Å². The van der Waals surface area contributed by atoms with Crippen LogP contribution in [0.15, 0.2) is 23.3 Å². The summed E-state index contributed by atoms with van der Waals surface area (Å²) in [6, 6.07) is 2.85. The molecule has 160 valence electrons. The zero-order valence-electron chi connectivity index (χ0n) is 15.9. The lowest BCUT2D eigenvalue weighted by Crippen LogP contribution is -2.46. The van der Waals surface area contributed by atoms with Gasteiger partial charge in [-0.1, -0.05) is 12.1 Å². The topological polar surface area (TPSA) is 58.7 Å². The van der Waals surface area contributed by atoms with Gasteiger partial charge in [0.15, 0.2) is 11.6 Å². The van der Waals surface area contributed by atoms with E-state index in [4.69, 9.17) is 5.14 Å². The normalized spacial score (nSPS) is 16.6. The predicted molar refractivity (Wildman–Crippen MR) is 96.8 cm³/mol. The molecule has 0 aliphatic heterocycles. The minimum Gasteiger partial charge on any atom is -0.303 e. The van der Waals surface area contributed by atoms with Gasteiger partial charge in [-0.05, 0) is 26.3 Å². The maximum atomic E-state index is 14.5. The van der Waals surface area contributed by atoms with Gasteiger partial charge in [-0.25, -0.2) is 13.0 Å². The molecule has 2 atom stereocenters. The van der Waals surface area contributed by atoms with E-state index in [0.717, 1.165) is 23.2 Å². The van der Waals surface area contributed by atoms with Crippen LogP contribution in [0, 0.1) is 11.6 Å². The molecule has 1 aromatic carbocycles. The van der Waals surface area contributed by atoms with Gasteiger partial charge in [0, 0.05) is 31.5 Å². The van der Waals surface area contributed by atoms with Crippen LogP contribution in [0.1, 0.15) is 32.3 Å². The van der Waals surface area contributed by atoms with E-state index in [-0.39, 0.29) is 0 Å². The largest absolute Gasteiger partial charge is 0.431 e. The van der Waals surface area contributed by atoms with Gasteiger partial charge in [0.05, 0.1) is 22.4 Å². The third-order valence-corrected chi connectivity index (χ3v) is 5.47. The molecule has 0 saturated carbocycles. The number of halogens is 6. The first-order valence-electron chi connectivity index (χ1n) is 8.15. The summed E-state index contributed by atoms with van der Waals surface area (Å²) in [5.74, 6) is -2.80. The SMILES string of the molecule is CN(C)/N=C(/CC(CF)(CC(C)(C)S(N)=O)c1cccc(F)c1F)C(F)(F)F. The Morgan fingerprint density at radius 2 is 1.79 bits per heavy atom. The number of alkyl halides is 4. The van der Waals surface area contributed by atoms with Crippen LogP contribution in [0.2, 0.25) is 0 Å². The Hall–Kier alpha value is -1.62. The number of hydrazone groups is 1. The number of benzene rings is 1. The van der Waals surface area contributed by atoms with E-state index in [0.29, 0.717) is 0 Å². The van der Waals surface area contributed by atoms with Crippen LogP contribution in [0.5, 0.6) is 0 Å². The Balaban J connectivity index is 3.71. The zero-order chi connectivity index (χ0) is 21.9. The molecule has 0 amide bonds. The van der Waals surface area contributed by atoms with Crippen LogP contribution < -0.4 is 5.14 Å². The third kappa shape index (κ3) is 5.69. The molecule has 4 nitrogen and oxygen atoms in total. The monoisotopic (exact) mass is 431 g/mol. The van der Waals surface area contributed by atoms with Gasteiger partial charge in [0.1, 0.15) is 5.71 Å². The number of nitrogens with zero attached hydrogens (tertiary/aromatic N) is 2. The Morgan fingerprint density at radius 3 is 2.21 bits per heavy atom. The Morgan fingerprint density at radius 1 is 1.21 bits per heavy atom. The number of hydrogen-bond acceptors (Lipinski definition) is 3. The first-order chi connectivity index (χ1) is 12.7. The summed E-state index contributed by atoms with van der Waals surface area (Å²) in [5, 5.41) is 9.64. The Bertz CT molecular complexity index is 751. The minimum absolute atomic E-state index is 0.539. The predicted octanol–water partition coefficient (Wildman–Crippen LogP) is 3.83. The molecule has 0 spiro atoms. The van der Waals surface area contributed by atoms with Crippen molar-refractivity contribution in [3.8, 4) is 0 Å². The number of rotatable bonds is 8. The summed E-state index contributed by atoms with van der Waals surface area (Å²) >= 11 is 0. The Labute approximate surface area is 162 Å². The highest BCUT2D eigenvalue weighted by atomic mass is 32.2. The van der Waals surface area contributed by atoms with Gasteiger partial charge < -0.3 is 5.01 Å². The molecule has 0 bridgehead atoms. The van der Waals surface area contributed by atoms with E-state index in [1.54, 1.807) is 0 Å². The van der Waals surface area contributed by atoms with E-state index in [1.165, 1.54) is 27.9 Å². The van der Waals surface area contributed by atoms with Crippen molar-refractivity contribution in [2.24, 2.45) is 10.2 Å². The van der Waals surface area contributed by atoms with Gasteiger partial charge in [-0.3, -0.25) is 9.53 Å². The van der Waals surface area contributed by atoms with Crippen molar-refractivity contribution in [1.29, 1.82) is 0 Å². The standard InChI is InChI=1S/C17H23F6N3OS/c1-15(2,28(24)27)9-16(10-18,11-6-5-7-12(19)14(11)20)8-13(17(21,22)23)25-26(3)4/h5-7H,8-10,24H2,1-4H3/b25-13-. The molecule has 28 heavy (non-hydrogen) atoms. The molecule has 11 heteroatoms. The van der Waals surface area contributed by atoms with Crippen molar-refractivity contribution < 1.29 is 30.6 Å². The van der Waals surface area contributed by atoms with Crippen molar-refractivity contribution in [1.82, 2.24) is 5.01 Å². The molecule has 2 N–H and O–H groups in total. The molecule has 0 aliphatic rings. The van der Waals surface area contributed by atoms with Gasteiger partial charge in [0.2, 0.25) is 0 Å². The van der Waals surface area contributed by atoms with Crippen LogP contribution in [0.25, 0.3) is 0 Å². The summed E-state index contributed by atoms with van der Waals surface area (Å²) < 4.78 is 93.5. The van der Waals surface area contributed by atoms with Crippen molar-refractivity contribution in [2.45, 2.75) is 43.0 Å². The molecule has 0 saturated heterocycles. The summed E-state index contributed by atoms with van der Waals surface area (Å²) in [7, 11) is 0.410. The van der Waals surface area contributed by atoms with Crippen LogP contribution in [0.3, 0.4) is 0 Å². The fraction of sp³-hybridized carbons (Fsp3) is 0.588. The fourth-order valence-corrected chi connectivity index (χ4v) is 3.39. The summed E-state index contributed by atoms with van der Waals surface area (Å²) in [6.07, 6.45) is -6.57.